The highest BCUT2D eigenvalue weighted by atomic mass is 79.9. The number of thiophene rings is 1. The summed E-state index contributed by atoms with van der Waals surface area (Å²) in [5.41, 5.74) is 0. The van der Waals surface area contributed by atoms with Gasteiger partial charge in [-0.1, -0.05) is 22.0 Å². The average molecular weight is 348 g/mol. The molecule has 106 valence electrons. The summed E-state index contributed by atoms with van der Waals surface area (Å²) in [6.45, 7) is 0. The van der Waals surface area contributed by atoms with E-state index in [2.05, 4.69) is 26.0 Å². The lowest BCUT2D eigenvalue weighted by molar-refractivity contribution is -0.141. The summed E-state index contributed by atoms with van der Waals surface area (Å²) in [5.74, 6) is -0.345. The fraction of sp³-hybridized carbons (Fsp3) is 0.538. The summed E-state index contributed by atoms with van der Waals surface area (Å²) in [5, 5.41) is 5.73. The molecule has 1 heterocycles. The number of esters is 1. The van der Waals surface area contributed by atoms with E-state index in [1.807, 2.05) is 17.5 Å². The zero-order valence-electron chi connectivity index (χ0n) is 10.9. The summed E-state index contributed by atoms with van der Waals surface area (Å²) >= 11 is 4.86. The van der Waals surface area contributed by atoms with E-state index in [1.54, 1.807) is 0 Å². The summed E-state index contributed by atoms with van der Waals surface area (Å²) in [6, 6.07) is 3.53. The Kier molecular flexibility index (Phi) is 7.74. The first kappa shape index (κ1) is 16.2. The second kappa shape index (κ2) is 9.09. The highest BCUT2D eigenvalue weighted by Crippen LogP contribution is 2.22. The zero-order chi connectivity index (χ0) is 14.1. The first-order valence-corrected chi connectivity index (χ1v) is 8.13. The van der Waals surface area contributed by atoms with Crippen LogP contribution in [0.4, 0.5) is 0 Å². The van der Waals surface area contributed by atoms with E-state index >= 15 is 0 Å². The van der Waals surface area contributed by atoms with Crippen LogP contribution < -0.4 is 5.32 Å². The Morgan fingerprint density at radius 2 is 2.26 bits per heavy atom. The number of ether oxygens (including phenoxy) is 1. The fourth-order valence-corrected chi connectivity index (χ4v) is 2.78. The second-order valence-electron chi connectivity index (χ2n) is 4.06. The van der Waals surface area contributed by atoms with Crippen molar-refractivity contribution < 1.29 is 14.3 Å². The van der Waals surface area contributed by atoms with Gasteiger partial charge in [-0.3, -0.25) is 9.59 Å². The molecule has 1 atom stereocenters. The van der Waals surface area contributed by atoms with Crippen molar-refractivity contribution in [3.8, 4) is 0 Å². The number of nitrogens with one attached hydrogen (secondary N) is 1. The topological polar surface area (TPSA) is 55.4 Å². The summed E-state index contributed by atoms with van der Waals surface area (Å²) in [4.78, 5) is 24.2. The number of carbonyl (C=O) groups excluding carboxylic acids is 2. The Labute approximate surface area is 125 Å². The molecule has 1 unspecified atom stereocenters. The molecule has 0 aliphatic rings. The van der Waals surface area contributed by atoms with Crippen molar-refractivity contribution in [3.05, 3.63) is 22.4 Å². The molecule has 1 amide bonds. The lowest BCUT2D eigenvalue weighted by atomic mass is 10.1. The molecular weight excluding hydrogens is 330 g/mol. The molecule has 0 spiro atoms. The second-order valence-corrected chi connectivity index (χ2v) is 5.83. The smallest absolute Gasteiger partial charge is 0.307 e. The minimum atomic E-state index is -0.320. The van der Waals surface area contributed by atoms with Crippen LogP contribution in [0.3, 0.4) is 0 Å². The molecule has 6 heteroatoms. The van der Waals surface area contributed by atoms with Crippen molar-refractivity contribution in [2.24, 2.45) is 0 Å². The Hall–Kier alpha value is -0.880. The molecule has 0 bridgehead atoms. The van der Waals surface area contributed by atoms with Crippen LogP contribution in [0.2, 0.25) is 0 Å². The van der Waals surface area contributed by atoms with Crippen molar-refractivity contribution in [3.63, 3.8) is 0 Å². The van der Waals surface area contributed by atoms with Crippen molar-refractivity contribution in [2.75, 3.05) is 12.4 Å². The van der Waals surface area contributed by atoms with Crippen molar-refractivity contribution in [1.82, 2.24) is 5.32 Å². The predicted octanol–water partition coefficient (Wildman–Crippen LogP) is 3.03. The molecule has 0 radical (unpaired) electrons. The Bertz CT molecular complexity index is 395. The summed E-state index contributed by atoms with van der Waals surface area (Å²) < 4.78 is 4.67. The minimum absolute atomic E-state index is 0.0248. The summed E-state index contributed by atoms with van der Waals surface area (Å²) in [7, 11) is 1.35. The maximum absolute atomic E-state index is 11.8. The third-order valence-electron chi connectivity index (χ3n) is 2.61. The quantitative estimate of drug-likeness (QED) is 0.446. The van der Waals surface area contributed by atoms with E-state index < -0.39 is 0 Å². The first-order valence-electron chi connectivity index (χ1n) is 6.13. The van der Waals surface area contributed by atoms with Gasteiger partial charge >= 0.3 is 5.97 Å². The standard InChI is InChI=1S/C13H18BrNO3S/c1-18-13(17)9-10(11-5-4-8-19-11)15-12(16)6-2-3-7-14/h4-5,8,10H,2-3,6-7,9H2,1H3,(H,15,16). The van der Waals surface area contributed by atoms with Crippen LogP contribution in [-0.2, 0) is 14.3 Å². The molecule has 0 aliphatic heterocycles. The molecule has 1 aromatic heterocycles. The average Bonchev–Trinajstić information content (AvgIpc) is 2.92. The lowest BCUT2D eigenvalue weighted by Gasteiger charge is -2.16. The van der Waals surface area contributed by atoms with Gasteiger partial charge in [0.05, 0.1) is 19.6 Å². The minimum Gasteiger partial charge on any atom is -0.469 e. The van der Waals surface area contributed by atoms with Gasteiger partial charge in [0.25, 0.3) is 0 Å². The Morgan fingerprint density at radius 3 is 2.84 bits per heavy atom. The van der Waals surface area contributed by atoms with Crippen LogP contribution in [0.25, 0.3) is 0 Å². The van der Waals surface area contributed by atoms with Crippen LogP contribution in [-0.4, -0.2) is 24.3 Å². The third-order valence-corrected chi connectivity index (χ3v) is 4.15. The molecule has 0 fully saturated rings. The van der Waals surface area contributed by atoms with Gasteiger partial charge in [0.1, 0.15) is 0 Å². The molecule has 19 heavy (non-hydrogen) atoms. The number of carbonyl (C=O) groups is 2. The normalized spacial score (nSPS) is 11.9. The lowest BCUT2D eigenvalue weighted by Crippen LogP contribution is -2.29. The molecule has 0 saturated carbocycles. The van der Waals surface area contributed by atoms with Gasteiger partial charge in [-0.25, -0.2) is 0 Å². The van der Waals surface area contributed by atoms with Crippen LogP contribution >= 0.6 is 27.3 Å². The van der Waals surface area contributed by atoms with E-state index in [4.69, 9.17) is 0 Å². The summed E-state index contributed by atoms with van der Waals surface area (Å²) in [6.07, 6.45) is 2.45. The van der Waals surface area contributed by atoms with Crippen LogP contribution in [0.1, 0.15) is 36.6 Å². The Morgan fingerprint density at radius 1 is 1.47 bits per heavy atom. The number of rotatable bonds is 8. The maximum atomic E-state index is 11.8. The number of halogens is 1. The van der Waals surface area contributed by atoms with Crippen molar-refractivity contribution >= 4 is 39.1 Å². The molecule has 1 rings (SSSR count). The van der Waals surface area contributed by atoms with Crippen molar-refractivity contribution in [2.45, 2.75) is 31.7 Å². The van der Waals surface area contributed by atoms with Gasteiger partial charge in [0, 0.05) is 16.6 Å². The number of hydrogen-bond acceptors (Lipinski definition) is 4. The number of unbranched alkanes of at least 4 members (excludes halogenated alkanes) is 1. The Balaban J connectivity index is 2.54. The predicted molar refractivity (Wildman–Crippen MR) is 79.5 cm³/mol. The van der Waals surface area contributed by atoms with E-state index in [0.29, 0.717) is 6.42 Å². The van der Waals surface area contributed by atoms with E-state index in [0.717, 1.165) is 23.0 Å². The monoisotopic (exact) mass is 347 g/mol. The maximum Gasteiger partial charge on any atom is 0.307 e. The molecule has 4 nitrogen and oxygen atoms in total. The van der Waals surface area contributed by atoms with E-state index in [9.17, 15) is 9.59 Å². The third kappa shape index (κ3) is 6.20. The SMILES string of the molecule is COC(=O)CC(NC(=O)CCCCBr)c1cccs1. The van der Waals surface area contributed by atoms with Gasteiger partial charge in [0.15, 0.2) is 0 Å². The molecule has 0 aromatic carbocycles. The van der Waals surface area contributed by atoms with Gasteiger partial charge in [-0.05, 0) is 24.3 Å². The van der Waals surface area contributed by atoms with Gasteiger partial charge in [-0.2, -0.15) is 0 Å². The highest BCUT2D eigenvalue weighted by Gasteiger charge is 2.19. The number of hydrogen-bond donors (Lipinski definition) is 1. The number of amides is 1. The number of methoxy groups -OCH3 is 1. The fourth-order valence-electron chi connectivity index (χ4n) is 1.61. The largest absolute Gasteiger partial charge is 0.469 e. The molecule has 0 aliphatic carbocycles. The first-order chi connectivity index (χ1) is 9.17. The molecule has 0 saturated heterocycles. The van der Waals surface area contributed by atoms with E-state index in [1.165, 1.54) is 18.4 Å². The van der Waals surface area contributed by atoms with Crippen LogP contribution in [0.15, 0.2) is 17.5 Å². The van der Waals surface area contributed by atoms with Crippen LogP contribution in [0.5, 0.6) is 0 Å². The molecular formula is C13H18BrNO3S. The van der Waals surface area contributed by atoms with Gasteiger partial charge in [-0.15, -0.1) is 11.3 Å². The molecule has 1 aromatic rings. The van der Waals surface area contributed by atoms with Crippen molar-refractivity contribution in [1.29, 1.82) is 0 Å². The van der Waals surface area contributed by atoms with Gasteiger partial charge < -0.3 is 10.1 Å². The highest BCUT2D eigenvalue weighted by molar-refractivity contribution is 9.09. The molecule has 1 N–H and O–H groups in total. The van der Waals surface area contributed by atoms with Crippen LogP contribution in [0, 0.1) is 0 Å². The zero-order valence-corrected chi connectivity index (χ0v) is 13.3. The number of alkyl halides is 1. The van der Waals surface area contributed by atoms with Gasteiger partial charge in [0.2, 0.25) is 5.91 Å². The van der Waals surface area contributed by atoms with E-state index in [-0.39, 0.29) is 24.3 Å².